The minimum atomic E-state index is 0.496. The number of imidazole rings is 1. The van der Waals surface area contributed by atoms with E-state index >= 15 is 0 Å². The zero-order valence-electron chi connectivity index (χ0n) is 13.4. The summed E-state index contributed by atoms with van der Waals surface area (Å²) in [5.41, 5.74) is 0.496. The van der Waals surface area contributed by atoms with Gasteiger partial charge < -0.3 is 9.88 Å². The summed E-state index contributed by atoms with van der Waals surface area (Å²) < 4.78 is 2.16. The van der Waals surface area contributed by atoms with Gasteiger partial charge in [-0.05, 0) is 56.4 Å². The summed E-state index contributed by atoms with van der Waals surface area (Å²) in [6, 6.07) is 0.766. The molecule has 0 bridgehead atoms. The van der Waals surface area contributed by atoms with E-state index in [-0.39, 0.29) is 0 Å². The lowest BCUT2D eigenvalue weighted by Crippen LogP contribution is -2.36. The number of rotatable bonds is 6. The molecule has 0 saturated heterocycles. The van der Waals surface area contributed by atoms with Crippen molar-refractivity contribution >= 4 is 0 Å². The SMILES string of the molecule is CC(C)(C)C1CCC(NCCCCn2ccnc2)CC1. The van der Waals surface area contributed by atoms with Crippen molar-refractivity contribution in [2.24, 2.45) is 11.3 Å². The van der Waals surface area contributed by atoms with Crippen LogP contribution in [0.5, 0.6) is 0 Å². The fourth-order valence-corrected chi connectivity index (χ4v) is 3.31. The first-order valence-corrected chi connectivity index (χ1v) is 8.25. The first kappa shape index (κ1) is 15.6. The lowest BCUT2D eigenvalue weighted by molar-refractivity contribution is 0.160. The molecular weight excluding hydrogens is 246 g/mol. The molecule has 20 heavy (non-hydrogen) atoms. The molecule has 1 aromatic rings. The van der Waals surface area contributed by atoms with Crippen molar-refractivity contribution in [2.45, 2.75) is 71.9 Å². The second kappa shape index (κ2) is 7.26. The van der Waals surface area contributed by atoms with Crippen molar-refractivity contribution in [1.29, 1.82) is 0 Å². The van der Waals surface area contributed by atoms with E-state index in [9.17, 15) is 0 Å². The fraction of sp³-hybridized carbons (Fsp3) is 0.824. The molecule has 0 atom stereocenters. The second-order valence-electron chi connectivity index (χ2n) is 7.38. The van der Waals surface area contributed by atoms with E-state index in [1.54, 1.807) is 0 Å². The van der Waals surface area contributed by atoms with Gasteiger partial charge in [0.1, 0.15) is 0 Å². The maximum Gasteiger partial charge on any atom is 0.0945 e. The minimum absolute atomic E-state index is 0.496. The van der Waals surface area contributed by atoms with Crippen LogP contribution < -0.4 is 5.32 Å². The first-order valence-electron chi connectivity index (χ1n) is 8.25. The molecule has 0 amide bonds. The van der Waals surface area contributed by atoms with Gasteiger partial charge in [-0.25, -0.2) is 4.98 Å². The van der Waals surface area contributed by atoms with E-state index in [4.69, 9.17) is 0 Å². The summed E-state index contributed by atoms with van der Waals surface area (Å²) in [5, 5.41) is 3.75. The van der Waals surface area contributed by atoms with Crippen LogP contribution in [0.15, 0.2) is 18.7 Å². The highest BCUT2D eigenvalue weighted by Gasteiger charge is 2.29. The minimum Gasteiger partial charge on any atom is -0.337 e. The highest BCUT2D eigenvalue weighted by molar-refractivity contribution is 4.83. The zero-order valence-corrected chi connectivity index (χ0v) is 13.4. The first-order chi connectivity index (χ1) is 9.55. The Bertz CT molecular complexity index is 356. The number of nitrogens with one attached hydrogen (secondary N) is 1. The Kier molecular flexibility index (Phi) is 5.64. The van der Waals surface area contributed by atoms with Crippen LogP contribution in [0.2, 0.25) is 0 Å². The Morgan fingerprint density at radius 1 is 1.15 bits per heavy atom. The van der Waals surface area contributed by atoms with Gasteiger partial charge in [0.05, 0.1) is 6.33 Å². The molecule has 1 aliphatic rings. The molecule has 0 radical (unpaired) electrons. The smallest absolute Gasteiger partial charge is 0.0945 e. The second-order valence-corrected chi connectivity index (χ2v) is 7.38. The van der Waals surface area contributed by atoms with Crippen molar-refractivity contribution < 1.29 is 0 Å². The molecule has 0 aromatic carbocycles. The van der Waals surface area contributed by atoms with Gasteiger partial charge in [0.25, 0.3) is 0 Å². The highest BCUT2D eigenvalue weighted by Crippen LogP contribution is 2.37. The molecule has 114 valence electrons. The number of aromatic nitrogens is 2. The quantitative estimate of drug-likeness (QED) is 0.800. The number of aryl methyl sites for hydroxylation is 1. The van der Waals surface area contributed by atoms with E-state index in [2.05, 4.69) is 35.6 Å². The molecule has 1 saturated carbocycles. The normalized spacial score (nSPS) is 23.9. The number of hydrogen-bond donors (Lipinski definition) is 1. The van der Waals surface area contributed by atoms with Gasteiger partial charge in [-0.15, -0.1) is 0 Å². The lowest BCUT2D eigenvalue weighted by Gasteiger charge is -2.37. The van der Waals surface area contributed by atoms with Crippen LogP contribution >= 0.6 is 0 Å². The molecule has 3 nitrogen and oxygen atoms in total. The third-order valence-corrected chi connectivity index (χ3v) is 4.79. The van der Waals surface area contributed by atoms with Crippen LogP contribution in [0.3, 0.4) is 0 Å². The average Bonchev–Trinajstić information content (AvgIpc) is 2.91. The summed E-state index contributed by atoms with van der Waals surface area (Å²) in [6.07, 6.45) is 13.8. The monoisotopic (exact) mass is 277 g/mol. The van der Waals surface area contributed by atoms with Crippen molar-refractivity contribution in [3.05, 3.63) is 18.7 Å². The summed E-state index contributed by atoms with van der Waals surface area (Å²) in [6.45, 7) is 9.43. The van der Waals surface area contributed by atoms with E-state index in [1.807, 2.05) is 18.7 Å². The molecule has 1 aliphatic carbocycles. The predicted molar refractivity (Wildman–Crippen MR) is 84.7 cm³/mol. The van der Waals surface area contributed by atoms with Crippen molar-refractivity contribution in [3.63, 3.8) is 0 Å². The van der Waals surface area contributed by atoms with E-state index in [1.165, 1.54) is 45.1 Å². The Hall–Kier alpha value is -0.830. The maximum atomic E-state index is 4.07. The third kappa shape index (κ3) is 4.93. The Balaban J connectivity index is 1.53. The van der Waals surface area contributed by atoms with Crippen molar-refractivity contribution in [2.75, 3.05) is 6.54 Å². The average molecular weight is 277 g/mol. The summed E-state index contributed by atoms with van der Waals surface area (Å²) in [7, 11) is 0. The maximum absolute atomic E-state index is 4.07. The van der Waals surface area contributed by atoms with Gasteiger partial charge in [-0.1, -0.05) is 20.8 Å². The molecule has 3 heteroatoms. The molecule has 1 fully saturated rings. The molecule has 1 N–H and O–H groups in total. The van der Waals surface area contributed by atoms with Gasteiger partial charge in [-0.2, -0.15) is 0 Å². The number of unbranched alkanes of at least 4 members (excludes halogenated alkanes) is 1. The largest absolute Gasteiger partial charge is 0.337 e. The van der Waals surface area contributed by atoms with Gasteiger partial charge in [0, 0.05) is 25.0 Å². The molecule has 0 spiro atoms. The third-order valence-electron chi connectivity index (χ3n) is 4.79. The van der Waals surface area contributed by atoms with Gasteiger partial charge in [0.15, 0.2) is 0 Å². The Morgan fingerprint density at radius 3 is 2.50 bits per heavy atom. The number of nitrogens with zero attached hydrogens (tertiary/aromatic N) is 2. The van der Waals surface area contributed by atoms with Crippen LogP contribution in [0.4, 0.5) is 0 Å². The molecule has 1 heterocycles. The van der Waals surface area contributed by atoms with Crippen LogP contribution in [0.25, 0.3) is 0 Å². The van der Waals surface area contributed by atoms with Crippen LogP contribution in [-0.2, 0) is 6.54 Å². The van der Waals surface area contributed by atoms with E-state index in [0.29, 0.717) is 5.41 Å². The number of hydrogen-bond acceptors (Lipinski definition) is 2. The molecular formula is C17H31N3. The highest BCUT2D eigenvalue weighted by atomic mass is 15.0. The van der Waals surface area contributed by atoms with Gasteiger partial charge in [0.2, 0.25) is 0 Å². The molecule has 2 rings (SSSR count). The van der Waals surface area contributed by atoms with Crippen molar-refractivity contribution in [3.8, 4) is 0 Å². The van der Waals surface area contributed by atoms with Crippen LogP contribution in [0, 0.1) is 11.3 Å². The van der Waals surface area contributed by atoms with Crippen molar-refractivity contribution in [1.82, 2.24) is 14.9 Å². The van der Waals surface area contributed by atoms with E-state index < -0.39 is 0 Å². The van der Waals surface area contributed by atoms with E-state index in [0.717, 1.165) is 18.5 Å². The Morgan fingerprint density at radius 2 is 1.90 bits per heavy atom. The standard InChI is InChI=1S/C17H31N3/c1-17(2,3)15-6-8-16(9-7-15)19-10-4-5-12-20-13-11-18-14-20/h11,13-16,19H,4-10,12H2,1-3H3. The molecule has 0 aliphatic heterocycles. The molecule has 0 unspecified atom stereocenters. The summed E-state index contributed by atoms with van der Waals surface area (Å²) >= 11 is 0. The summed E-state index contributed by atoms with van der Waals surface area (Å²) in [5.74, 6) is 0.918. The van der Waals surface area contributed by atoms with Gasteiger partial charge >= 0.3 is 0 Å². The zero-order chi connectivity index (χ0) is 14.4. The predicted octanol–water partition coefficient (Wildman–Crippen LogP) is 3.86. The van der Waals surface area contributed by atoms with Crippen LogP contribution in [-0.4, -0.2) is 22.1 Å². The fourth-order valence-electron chi connectivity index (χ4n) is 3.31. The molecule has 1 aromatic heterocycles. The topological polar surface area (TPSA) is 29.9 Å². The van der Waals surface area contributed by atoms with Gasteiger partial charge in [-0.3, -0.25) is 0 Å². The summed E-state index contributed by atoms with van der Waals surface area (Å²) in [4.78, 5) is 4.07. The van der Waals surface area contributed by atoms with Crippen LogP contribution in [0.1, 0.15) is 59.3 Å². The Labute approximate surface area is 124 Å². The lowest BCUT2D eigenvalue weighted by atomic mass is 9.71.